The minimum absolute atomic E-state index is 0. The standard InChI is InChI=1S/C16H30O2.C13H8NS.Ir/c1-9(2)12-7-5-11-6-8-13(10(3)4)16(18)14(11)15(12)17;1-2-6-10(7-3-1)13-14-11-8-4-5-9-12(11)15-13;/h9-18H,5-8H2,1-4H3;1-6,8-9H;/q;-1;/t11?,12-,13-,14?,15?,16?;;/m1../s1. The Morgan fingerprint density at radius 3 is 1.97 bits per heavy atom. The summed E-state index contributed by atoms with van der Waals surface area (Å²) in [5, 5.41) is 22.3. The Morgan fingerprint density at radius 1 is 0.853 bits per heavy atom. The molecule has 0 bridgehead atoms. The second kappa shape index (κ2) is 12.2. The number of aliphatic hydroxyl groups is 2. The number of rotatable bonds is 3. The van der Waals surface area contributed by atoms with E-state index in [1.807, 2.05) is 42.5 Å². The molecular formula is C29H38IrNO2S-. The first kappa shape index (κ1) is 27.5. The van der Waals surface area contributed by atoms with E-state index in [4.69, 9.17) is 0 Å². The van der Waals surface area contributed by atoms with Gasteiger partial charge in [-0.25, -0.2) is 0 Å². The molecule has 0 aliphatic heterocycles. The molecule has 2 saturated carbocycles. The molecule has 2 aliphatic carbocycles. The predicted octanol–water partition coefficient (Wildman–Crippen LogP) is 6.83. The number of fused-ring (bicyclic) bond motifs is 2. The SMILES string of the molecule is CC(C)[C@H]1CCC2CC[C@H](C(C)C)C(O)C2C1O.[Ir].[c-]1ccccc1-c1nc2ccccc2s1. The van der Waals surface area contributed by atoms with Gasteiger partial charge in [-0.1, -0.05) is 39.8 Å². The molecule has 0 saturated heterocycles. The number of aliphatic hydroxyl groups excluding tert-OH is 2. The average Bonchev–Trinajstić information content (AvgIpc) is 3.24. The second-order valence-corrected chi connectivity index (χ2v) is 11.6. The van der Waals surface area contributed by atoms with E-state index in [0.29, 0.717) is 29.6 Å². The summed E-state index contributed by atoms with van der Waals surface area (Å²) in [5.74, 6) is 2.49. The Labute approximate surface area is 222 Å². The van der Waals surface area contributed by atoms with Crippen molar-refractivity contribution in [3.63, 3.8) is 0 Å². The molecule has 1 aromatic heterocycles. The van der Waals surface area contributed by atoms with Gasteiger partial charge in [0.25, 0.3) is 0 Å². The average molecular weight is 657 g/mol. The van der Waals surface area contributed by atoms with Gasteiger partial charge >= 0.3 is 0 Å². The van der Waals surface area contributed by atoms with Gasteiger partial charge in [0.05, 0.1) is 17.7 Å². The van der Waals surface area contributed by atoms with E-state index in [9.17, 15) is 10.2 Å². The van der Waals surface area contributed by atoms with Crippen LogP contribution >= 0.6 is 11.3 Å². The van der Waals surface area contributed by atoms with Crippen molar-refractivity contribution < 1.29 is 30.3 Å². The van der Waals surface area contributed by atoms with E-state index in [-0.39, 0.29) is 38.2 Å². The molecule has 3 nitrogen and oxygen atoms in total. The van der Waals surface area contributed by atoms with Gasteiger partial charge in [0.15, 0.2) is 0 Å². The summed E-state index contributed by atoms with van der Waals surface area (Å²) in [7, 11) is 0. The molecule has 1 heterocycles. The summed E-state index contributed by atoms with van der Waals surface area (Å²) < 4.78 is 1.23. The van der Waals surface area contributed by atoms with Gasteiger partial charge in [-0.3, -0.25) is 4.98 Å². The Kier molecular flexibility index (Phi) is 9.89. The molecule has 2 aliphatic rings. The fourth-order valence-corrected chi connectivity index (χ4v) is 6.94. The van der Waals surface area contributed by atoms with Crippen LogP contribution in [0.15, 0.2) is 48.5 Å². The van der Waals surface area contributed by atoms with E-state index in [0.717, 1.165) is 28.9 Å². The molecule has 2 N–H and O–H groups in total. The van der Waals surface area contributed by atoms with Crippen molar-refractivity contribution in [1.29, 1.82) is 0 Å². The monoisotopic (exact) mass is 657 g/mol. The maximum Gasteiger partial charge on any atom is 0.0697 e. The summed E-state index contributed by atoms with van der Waals surface area (Å²) in [6.07, 6.45) is 4.09. The molecule has 4 atom stereocenters. The Morgan fingerprint density at radius 2 is 1.44 bits per heavy atom. The number of hydrogen-bond donors (Lipinski definition) is 2. The third kappa shape index (κ3) is 5.99. The third-order valence-electron chi connectivity index (χ3n) is 7.90. The number of aromatic nitrogens is 1. The summed E-state index contributed by atoms with van der Waals surface area (Å²) in [5.41, 5.74) is 2.13. The van der Waals surface area contributed by atoms with Crippen LogP contribution in [0.4, 0.5) is 0 Å². The third-order valence-corrected chi connectivity index (χ3v) is 8.97. The van der Waals surface area contributed by atoms with E-state index in [1.165, 1.54) is 17.5 Å². The van der Waals surface area contributed by atoms with E-state index in [2.05, 4.69) is 44.8 Å². The van der Waals surface area contributed by atoms with Gasteiger partial charge in [-0.2, -0.15) is 11.3 Å². The quantitative estimate of drug-likeness (QED) is 0.304. The molecule has 2 fully saturated rings. The first-order chi connectivity index (χ1) is 15.9. The largest absolute Gasteiger partial charge is 0.392 e. The number of hydrogen-bond acceptors (Lipinski definition) is 4. The van der Waals surface area contributed by atoms with Gasteiger partial charge in [-0.15, -0.1) is 35.9 Å². The molecule has 5 rings (SSSR count). The molecule has 3 aromatic rings. The maximum atomic E-state index is 10.6. The summed E-state index contributed by atoms with van der Waals surface area (Å²) in [4.78, 5) is 4.57. The van der Waals surface area contributed by atoms with Gasteiger partial charge in [-0.05, 0) is 67.4 Å². The normalized spacial score (nSPS) is 28.7. The zero-order valence-corrected chi connectivity index (χ0v) is 23.9. The van der Waals surface area contributed by atoms with Crippen LogP contribution in [0.1, 0.15) is 53.4 Å². The number of thiazole rings is 1. The van der Waals surface area contributed by atoms with Crippen LogP contribution in [-0.4, -0.2) is 27.4 Å². The summed E-state index contributed by atoms with van der Waals surface area (Å²) in [6, 6.07) is 19.3. The van der Waals surface area contributed by atoms with E-state index < -0.39 is 0 Å². The first-order valence-corrected chi connectivity index (χ1v) is 13.4. The van der Waals surface area contributed by atoms with E-state index in [1.54, 1.807) is 11.3 Å². The molecule has 0 spiro atoms. The smallest absolute Gasteiger partial charge is 0.0697 e. The molecular weight excluding hydrogens is 619 g/mol. The predicted molar refractivity (Wildman–Crippen MR) is 138 cm³/mol. The fraction of sp³-hybridized carbons (Fsp3) is 0.552. The van der Waals surface area contributed by atoms with Crippen molar-refractivity contribution >= 4 is 21.6 Å². The molecule has 0 amide bonds. The van der Waals surface area contributed by atoms with Crippen LogP contribution in [0.3, 0.4) is 0 Å². The van der Waals surface area contributed by atoms with Gasteiger partial charge in [0, 0.05) is 35.7 Å². The van der Waals surface area contributed by atoms with Gasteiger partial charge in [0.1, 0.15) is 0 Å². The van der Waals surface area contributed by atoms with Crippen LogP contribution in [0.5, 0.6) is 0 Å². The Bertz CT molecular complexity index is 962. The second-order valence-electron chi connectivity index (χ2n) is 10.6. The van der Waals surface area contributed by atoms with Crippen LogP contribution in [0.2, 0.25) is 0 Å². The summed E-state index contributed by atoms with van der Waals surface area (Å²) in [6.45, 7) is 8.79. The van der Waals surface area contributed by atoms with Crippen LogP contribution in [0.25, 0.3) is 20.8 Å². The zero-order chi connectivity index (χ0) is 23.5. The van der Waals surface area contributed by atoms with Gasteiger partial charge in [0.2, 0.25) is 0 Å². The maximum absolute atomic E-state index is 10.6. The molecule has 1 radical (unpaired) electrons. The number of para-hydroxylation sites is 1. The van der Waals surface area contributed by atoms with Crippen molar-refractivity contribution in [3.05, 3.63) is 54.6 Å². The van der Waals surface area contributed by atoms with Crippen molar-refractivity contribution in [2.24, 2.45) is 35.5 Å². The van der Waals surface area contributed by atoms with Crippen LogP contribution in [0, 0.1) is 41.6 Å². The topological polar surface area (TPSA) is 53.4 Å². The van der Waals surface area contributed by atoms with Gasteiger partial charge < -0.3 is 10.2 Å². The molecule has 5 heteroatoms. The summed E-state index contributed by atoms with van der Waals surface area (Å²) >= 11 is 1.71. The first-order valence-electron chi connectivity index (χ1n) is 12.6. The molecule has 2 aromatic carbocycles. The molecule has 34 heavy (non-hydrogen) atoms. The molecule has 187 valence electrons. The van der Waals surface area contributed by atoms with E-state index >= 15 is 0 Å². The minimum Gasteiger partial charge on any atom is -0.392 e. The van der Waals surface area contributed by atoms with Crippen molar-refractivity contribution in [3.8, 4) is 10.6 Å². The number of benzene rings is 2. The zero-order valence-electron chi connectivity index (χ0n) is 20.6. The van der Waals surface area contributed by atoms with Crippen molar-refractivity contribution in [2.45, 2.75) is 65.6 Å². The molecule has 2 unspecified atom stereocenters. The van der Waals surface area contributed by atoms with Crippen molar-refractivity contribution in [2.75, 3.05) is 0 Å². The van der Waals surface area contributed by atoms with Crippen LogP contribution < -0.4 is 0 Å². The van der Waals surface area contributed by atoms with Crippen LogP contribution in [-0.2, 0) is 20.1 Å². The Hall–Kier alpha value is -1.10. The Balaban J connectivity index is 0.000000187. The fourth-order valence-electron chi connectivity index (χ4n) is 5.98. The number of nitrogens with zero attached hydrogens (tertiary/aromatic N) is 1. The van der Waals surface area contributed by atoms with Crippen molar-refractivity contribution in [1.82, 2.24) is 4.98 Å². The minimum atomic E-state index is -0.291.